The summed E-state index contributed by atoms with van der Waals surface area (Å²) in [7, 11) is 0.369. The van der Waals surface area contributed by atoms with Gasteiger partial charge >= 0.3 is 0 Å². The number of nitrogens with zero attached hydrogens (tertiary/aromatic N) is 3. The molecule has 0 N–H and O–H groups in total. The number of rotatable bonds is 4. The van der Waals surface area contributed by atoms with Gasteiger partial charge in [0.05, 0.1) is 29.3 Å². The van der Waals surface area contributed by atoms with Crippen molar-refractivity contribution in [1.82, 2.24) is 9.80 Å². The van der Waals surface area contributed by atoms with Crippen molar-refractivity contribution >= 4 is 44.3 Å². The molecule has 2 aliphatic rings. The fourth-order valence-electron chi connectivity index (χ4n) is 2.94. The van der Waals surface area contributed by atoms with Crippen molar-refractivity contribution < 1.29 is 13.2 Å². The van der Waals surface area contributed by atoms with Crippen molar-refractivity contribution in [1.29, 1.82) is 0 Å². The fourth-order valence-corrected chi connectivity index (χ4v) is 6.02. The van der Waals surface area contributed by atoms with Crippen LogP contribution in [0.15, 0.2) is 29.3 Å². The first-order chi connectivity index (χ1) is 11.7. The van der Waals surface area contributed by atoms with Gasteiger partial charge in [-0.25, -0.2) is 8.42 Å². The Balaban J connectivity index is 1.78. The molecule has 1 aromatic rings. The minimum absolute atomic E-state index is 0.00354. The monoisotopic (exact) mass is 401 g/mol. The third kappa shape index (κ3) is 4.30. The van der Waals surface area contributed by atoms with Crippen molar-refractivity contribution in [2.24, 2.45) is 4.99 Å². The molecule has 0 radical (unpaired) electrons. The summed E-state index contributed by atoms with van der Waals surface area (Å²) in [4.78, 5) is 20.0. The smallest absolute Gasteiger partial charge is 0.232 e. The van der Waals surface area contributed by atoms with Gasteiger partial charge in [-0.2, -0.15) is 0 Å². The van der Waals surface area contributed by atoms with Gasteiger partial charge in [0.15, 0.2) is 15.0 Å². The molecule has 9 heteroatoms. The van der Waals surface area contributed by atoms with Crippen LogP contribution in [0.2, 0.25) is 5.02 Å². The summed E-state index contributed by atoms with van der Waals surface area (Å²) in [5, 5.41) is 1.40. The van der Waals surface area contributed by atoms with Crippen molar-refractivity contribution in [3.63, 3.8) is 0 Å². The number of fused-ring (bicyclic) bond motifs is 1. The van der Waals surface area contributed by atoms with Gasteiger partial charge < -0.3 is 9.80 Å². The van der Waals surface area contributed by atoms with Crippen LogP contribution in [0.25, 0.3) is 0 Å². The summed E-state index contributed by atoms with van der Waals surface area (Å²) in [6, 6.07) is 7.08. The Hall–Kier alpha value is -1.25. The largest absolute Gasteiger partial charge is 0.348 e. The van der Waals surface area contributed by atoms with E-state index in [1.807, 2.05) is 29.2 Å². The number of hydrogen-bond acceptors (Lipinski definition) is 6. The lowest BCUT2D eigenvalue weighted by Gasteiger charge is -2.26. The number of aliphatic imine (C=N–C) groups is 1. The minimum atomic E-state index is -3.06. The summed E-state index contributed by atoms with van der Waals surface area (Å²) in [6.45, 7) is 0.551. The molecule has 0 bridgehead atoms. The van der Waals surface area contributed by atoms with E-state index in [0.717, 1.165) is 10.7 Å². The van der Waals surface area contributed by atoms with Crippen LogP contribution in [0.3, 0.4) is 0 Å². The Labute approximate surface area is 157 Å². The molecule has 0 unspecified atom stereocenters. The summed E-state index contributed by atoms with van der Waals surface area (Å²) in [5.74, 6) is 0.486. The molecule has 3 rings (SSSR count). The Morgan fingerprint density at radius 2 is 2.00 bits per heavy atom. The molecule has 1 fully saturated rings. The van der Waals surface area contributed by atoms with Crippen LogP contribution in [0, 0.1) is 0 Å². The number of benzene rings is 1. The van der Waals surface area contributed by atoms with Gasteiger partial charge in [0, 0.05) is 25.7 Å². The SMILES string of the molecule is CN(C)C(=O)CSC1=N[C@@H]2CS(=O)(=O)C[C@@H]2N1Cc1ccc(Cl)cc1. The number of carbonyl (C=O) groups excluding carboxylic acids is 1. The number of thioether (sulfide) groups is 1. The molecular formula is C16H20ClN3O3S2. The van der Waals surface area contributed by atoms with Gasteiger partial charge in [-0.15, -0.1) is 0 Å². The zero-order valence-electron chi connectivity index (χ0n) is 14.1. The Kier molecular flexibility index (Phi) is 5.31. The molecule has 1 aromatic carbocycles. The van der Waals surface area contributed by atoms with Gasteiger partial charge in [-0.05, 0) is 17.7 Å². The molecule has 136 valence electrons. The topological polar surface area (TPSA) is 70.0 Å². The van der Waals surface area contributed by atoms with Gasteiger partial charge in [-0.3, -0.25) is 9.79 Å². The normalized spacial score (nSPS) is 24.1. The predicted molar refractivity (Wildman–Crippen MR) is 102 cm³/mol. The molecule has 0 aromatic heterocycles. The molecule has 0 spiro atoms. The van der Waals surface area contributed by atoms with Gasteiger partial charge in [-0.1, -0.05) is 35.5 Å². The molecule has 25 heavy (non-hydrogen) atoms. The molecule has 6 nitrogen and oxygen atoms in total. The quantitative estimate of drug-likeness (QED) is 0.764. The van der Waals surface area contributed by atoms with Gasteiger partial charge in [0.2, 0.25) is 5.91 Å². The summed E-state index contributed by atoms with van der Waals surface area (Å²) in [6.07, 6.45) is 0. The van der Waals surface area contributed by atoms with Crippen molar-refractivity contribution in [3.8, 4) is 0 Å². The molecule has 2 aliphatic heterocycles. The maximum absolute atomic E-state index is 12.0. The zero-order valence-corrected chi connectivity index (χ0v) is 16.4. The highest BCUT2D eigenvalue weighted by Gasteiger charge is 2.46. The van der Waals surface area contributed by atoms with Crippen LogP contribution in [-0.4, -0.2) is 72.7 Å². The average molecular weight is 402 g/mol. The lowest BCUT2D eigenvalue weighted by molar-refractivity contribution is -0.125. The Morgan fingerprint density at radius 1 is 1.32 bits per heavy atom. The van der Waals surface area contributed by atoms with E-state index in [1.165, 1.54) is 16.7 Å². The molecule has 2 heterocycles. The van der Waals surface area contributed by atoms with Crippen LogP contribution in [0.4, 0.5) is 0 Å². The number of hydrogen-bond donors (Lipinski definition) is 0. The van der Waals surface area contributed by atoms with Crippen molar-refractivity contribution in [2.45, 2.75) is 18.6 Å². The van der Waals surface area contributed by atoms with Crippen LogP contribution in [0.1, 0.15) is 5.56 Å². The van der Waals surface area contributed by atoms with E-state index < -0.39 is 9.84 Å². The number of amides is 1. The summed E-state index contributed by atoms with van der Waals surface area (Å²) in [5.41, 5.74) is 1.03. The second kappa shape index (κ2) is 7.17. The van der Waals surface area contributed by atoms with Crippen LogP contribution >= 0.6 is 23.4 Å². The number of carbonyl (C=O) groups is 1. The maximum atomic E-state index is 12.0. The Bertz CT molecular complexity index is 793. The van der Waals surface area contributed by atoms with Crippen LogP contribution in [0.5, 0.6) is 0 Å². The first kappa shape index (κ1) is 18.5. The minimum Gasteiger partial charge on any atom is -0.348 e. The molecule has 0 aliphatic carbocycles. The molecule has 2 atom stereocenters. The lowest BCUT2D eigenvalue weighted by Crippen LogP contribution is -2.38. The Morgan fingerprint density at radius 3 is 2.64 bits per heavy atom. The van der Waals surface area contributed by atoms with Crippen molar-refractivity contribution in [2.75, 3.05) is 31.4 Å². The van der Waals surface area contributed by atoms with Gasteiger partial charge in [0.1, 0.15) is 0 Å². The summed E-state index contributed by atoms with van der Waals surface area (Å²) >= 11 is 7.31. The van der Waals surface area contributed by atoms with E-state index in [2.05, 4.69) is 4.99 Å². The van der Waals surface area contributed by atoms with E-state index >= 15 is 0 Å². The van der Waals surface area contributed by atoms with E-state index in [-0.39, 0.29) is 35.2 Å². The third-order valence-electron chi connectivity index (χ3n) is 4.31. The fraction of sp³-hybridized carbons (Fsp3) is 0.500. The maximum Gasteiger partial charge on any atom is 0.232 e. The molecule has 0 saturated carbocycles. The van der Waals surface area contributed by atoms with Crippen molar-refractivity contribution in [3.05, 3.63) is 34.9 Å². The van der Waals surface area contributed by atoms with Crippen LogP contribution in [-0.2, 0) is 21.2 Å². The second-order valence-corrected chi connectivity index (χ2v) is 9.99. The highest BCUT2D eigenvalue weighted by Crippen LogP contribution is 2.32. The summed E-state index contributed by atoms with van der Waals surface area (Å²) < 4.78 is 23.9. The number of halogens is 1. The van der Waals surface area contributed by atoms with E-state index in [4.69, 9.17) is 11.6 Å². The standard InChI is InChI=1S/C16H20ClN3O3S2/c1-19(2)15(21)8-24-16-18-13-9-25(22,23)10-14(13)20(16)7-11-3-5-12(17)6-4-11/h3-6,13-14H,7-10H2,1-2H3/t13-,14+/m1/s1. The van der Waals surface area contributed by atoms with E-state index in [0.29, 0.717) is 11.6 Å². The number of amidine groups is 1. The predicted octanol–water partition coefficient (Wildman–Crippen LogP) is 1.50. The highest BCUT2D eigenvalue weighted by molar-refractivity contribution is 8.14. The first-order valence-corrected chi connectivity index (χ1v) is 11.1. The molecule has 1 saturated heterocycles. The average Bonchev–Trinajstić information content (AvgIpc) is 2.99. The molecule has 1 amide bonds. The van der Waals surface area contributed by atoms with Crippen LogP contribution < -0.4 is 0 Å². The highest BCUT2D eigenvalue weighted by atomic mass is 35.5. The lowest BCUT2D eigenvalue weighted by atomic mass is 10.1. The third-order valence-corrected chi connectivity index (χ3v) is 7.25. The second-order valence-electron chi connectivity index (χ2n) is 6.45. The number of sulfone groups is 1. The zero-order chi connectivity index (χ0) is 18.2. The first-order valence-electron chi connectivity index (χ1n) is 7.87. The molecular weight excluding hydrogens is 382 g/mol. The van der Waals surface area contributed by atoms with Gasteiger partial charge in [0.25, 0.3) is 0 Å². The van der Waals surface area contributed by atoms with E-state index in [1.54, 1.807) is 14.1 Å². The van der Waals surface area contributed by atoms with E-state index in [9.17, 15) is 13.2 Å².